The molecule has 1 heterocycles. The van der Waals surface area contributed by atoms with E-state index in [1.54, 1.807) is 12.1 Å². The summed E-state index contributed by atoms with van der Waals surface area (Å²) in [7, 11) is -3.44. The molecule has 0 atom stereocenters. The molecule has 1 aromatic rings. The third kappa shape index (κ3) is 4.87. The first-order valence-electron chi connectivity index (χ1n) is 5.46. The van der Waals surface area contributed by atoms with Gasteiger partial charge >= 0.3 is 0 Å². The maximum atomic E-state index is 11.8. The highest BCUT2D eigenvalue weighted by molar-refractivity contribution is 7.91. The number of sulfonamides is 1. The summed E-state index contributed by atoms with van der Waals surface area (Å²) in [5.74, 6) is 0. The van der Waals surface area contributed by atoms with E-state index in [4.69, 9.17) is 10.5 Å². The zero-order chi connectivity index (χ0) is 13.6. The lowest BCUT2D eigenvalue weighted by atomic mass is 10.4. The van der Waals surface area contributed by atoms with Crippen molar-refractivity contribution in [3.8, 4) is 0 Å². The largest absolute Gasteiger partial charge is 0.376 e. The first kappa shape index (κ1) is 15.3. The second-order valence-corrected chi connectivity index (χ2v) is 6.99. The van der Waals surface area contributed by atoms with E-state index in [1.165, 1.54) is 11.3 Å². The molecular weight excluding hydrogens is 272 g/mol. The zero-order valence-corrected chi connectivity index (χ0v) is 11.9. The summed E-state index contributed by atoms with van der Waals surface area (Å²) in [6.45, 7) is 6.89. The number of thiophene rings is 1. The van der Waals surface area contributed by atoms with E-state index in [2.05, 4.69) is 11.3 Å². The van der Waals surface area contributed by atoms with Crippen molar-refractivity contribution in [3.05, 3.63) is 29.2 Å². The Hall–Kier alpha value is -0.730. The summed E-state index contributed by atoms with van der Waals surface area (Å²) < 4.78 is 31.7. The van der Waals surface area contributed by atoms with Gasteiger partial charge in [-0.05, 0) is 19.1 Å². The molecule has 1 rings (SSSR count). The molecule has 0 aliphatic heterocycles. The van der Waals surface area contributed by atoms with Gasteiger partial charge < -0.3 is 10.5 Å². The average Bonchev–Trinajstić information content (AvgIpc) is 2.77. The van der Waals surface area contributed by atoms with Gasteiger partial charge in [-0.3, -0.25) is 0 Å². The first-order chi connectivity index (χ1) is 8.45. The quantitative estimate of drug-likeness (QED) is 0.554. The number of ether oxygens (including phenoxy) is 1. The van der Waals surface area contributed by atoms with E-state index in [0.717, 1.165) is 10.5 Å². The van der Waals surface area contributed by atoms with Crippen molar-refractivity contribution >= 4 is 21.4 Å². The summed E-state index contributed by atoms with van der Waals surface area (Å²) in [5.41, 5.74) is 6.35. The van der Waals surface area contributed by atoms with E-state index >= 15 is 0 Å². The van der Waals surface area contributed by atoms with Crippen LogP contribution in [0.25, 0.3) is 0 Å². The summed E-state index contributed by atoms with van der Waals surface area (Å²) in [5, 5.41) is 0. The molecule has 102 valence electrons. The molecule has 5 nitrogen and oxygen atoms in total. The van der Waals surface area contributed by atoms with Gasteiger partial charge in [0, 0.05) is 18.0 Å². The van der Waals surface area contributed by atoms with E-state index in [9.17, 15) is 8.42 Å². The lowest BCUT2D eigenvalue weighted by Gasteiger charge is -2.05. The molecule has 0 saturated heterocycles. The standard InChI is InChI=1S/C11H18N2O3S2/c1-9(2)8-16-6-5-13-18(14,15)11-4-3-10(7-12)17-11/h3-4,13H,1,5-8,12H2,2H3. The molecule has 0 aliphatic carbocycles. The van der Waals surface area contributed by atoms with Crippen LogP contribution in [0.4, 0.5) is 0 Å². The van der Waals surface area contributed by atoms with Gasteiger partial charge in [-0.2, -0.15) is 0 Å². The number of hydrogen-bond acceptors (Lipinski definition) is 5. The number of hydrogen-bond donors (Lipinski definition) is 2. The smallest absolute Gasteiger partial charge is 0.250 e. The van der Waals surface area contributed by atoms with Gasteiger partial charge in [0.25, 0.3) is 0 Å². The monoisotopic (exact) mass is 290 g/mol. The molecule has 1 aromatic heterocycles. The highest BCUT2D eigenvalue weighted by atomic mass is 32.2. The Balaban J connectivity index is 2.42. The Kier molecular flexibility index (Phi) is 5.97. The van der Waals surface area contributed by atoms with Crippen LogP contribution >= 0.6 is 11.3 Å². The van der Waals surface area contributed by atoms with Crippen LogP contribution in [0, 0.1) is 0 Å². The van der Waals surface area contributed by atoms with Crippen molar-refractivity contribution in [1.29, 1.82) is 0 Å². The SMILES string of the molecule is C=C(C)COCCNS(=O)(=O)c1ccc(CN)s1. The van der Waals surface area contributed by atoms with Crippen molar-refractivity contribution in [2.24, 2.45) is 5.73 Å². The minimum absolute atomic E-state index is 0.242. The van der Waals surface area contributed by atoms with Gasteiger partial charge in [0.15, 0.2) is 0 Å². The van der Waals surface area contributed by atoms with Crippen molar-refractivity contribution < 1.29 is 13.2 Å². The second kappa shape index (κ2) is 7.01. The fraction of sp³-hybridized carbons (Fsp3) is 0.455. The summed E-state index contributed by atoms with van der Waals surface area (Å²) >= 11 is 1.18. The van der Waals surface area contributed by atoms with Crippen LogP contribution in [0.5, 0.6) is 0 Å². The number of nitrogens with one attached hydrogen (secondary N) is 1. The lowest BCUT2D eigenvalue weighted by Crippen LogP contribution is -2.27. The Morgan fingerprint density at radius 3 is 2.83 bits per heavy atom. The predicted molar refractivity (Wildman–Crippen MR) is 73.0 cm³/mol. The highest BCUT2D eigenvalue weighted by Crippen LogP contribution is 2.20. The molecule has 0 amide bonds. The number of rotatable bonds is 8. The third-order valence-electron chi connectivity index (χ3n) is 1.99. The maximum Gasteiger partial charge on any atom is 0.250 e. The van der Waals surface area contributed by atoms with Crippen molar-refractivity contribution in [3.63, 3.8) is 0 Å². The minimum atomic E-state index is -3.44. The highest BCUT2D eigenvalue weighted by Gasteiger charge is 2.15. The van der Waals surface area contributed by atoms with Crippen molar-refractivity contribution in [1.82, 2.24) is 4.72 Å². The molecule has 0 saturated carbocycles. The fourth-order valence-electron chi connectivity index (χ4n) is 1.18. The molecule has 0 aliphatic rings. The van der Waals surface area contributed by atoms with Gasteiger partial charge in [-0.25, -0.2) is 13.1 Å². The molecule has 18 heavy (non-hydrogen) atoms. The Bertz CT molecular complexity index is 494. The molecule has 0 spiro atoms. The van der Waals surface area contributed by atoms with Crippen LogP contribution in [0.1, 0.15) is 11.8 Å². The molecule has 0 fully saturated rings. The van der Waals surface area contributed by atoms with Crippen LogP contribution in [0.3, 0.4) is 0 Å². The summed E-state index contributed by atoms with van der Waals surface area (Å²) in [6.07, 6.45) is 0. The average molecular weight is 290 g/mol. The van der Waals surface area contributed by atoms with Crippen LogP contribution in [-0.4, -0.2) is 28.2 Å². The molecule has 0 unspecified atom stereocenters. The molecule has 0 radical (unpaired) electrons. The van der Waals surface area contributed by atoms with Crippen LogP contribution in [-0.2, 0) is 21.3 Å². The predicted octanol–water partition coefficient (Wildman–Crippen LogP) is 1.08. The van der Waals surface area contributed by atoms with Gasteiger partial charge in [0.2, 0.25) is 10.0 Å². The Labute approximate surface area is 112 Å². The van der Waals surface area contributed by atoms with Crippen LogP contribution in [0.15, 0.2) is 28.5 Å². The van der Waals surface area contributed by atoms with Gasteiger partial charge in [-0.1, -0.05) is 12.2 Å². The summed E-state index contributed by atoms with van der Waals surface area (Å²) in [6, 6.07) is 3.28. The third-order valence-corrected chi connectivity index (χ3v) is 5.05. The molecule has 3 N–H and O–H groups in total. The van der Waals surface area contributed by atoms with Crippen LogP contribution < -0.4 is 10.5 Å². The Morgan fingerprint density at radius 1 is 1.56 bits per heavy atom. The molecule has 7 heteroatoms. The van der Waals surface area contributed by atoms with E-state index < -0.39 is 10.0 Å². The van der Waals surface area contributed by atoms with Crippen molar-refractivity contribution in [2.75, 3.05) is 19.8 Å². The minimum Gasteiger partial charge on any atom is -0.376 e. The maximum absolute atomic E-state index is 11.8. The van der Waals surface area contributed by atoms with Crippen molar-refractivity contribution in [2.45, 2.75) is 17.7 Å². The fourth-order valence-corrected chi connectivity index (χ4v) is 3.47. The lowest BCUT2D eigenvalue weighted by molar-refractivity contribution is 0.162. The Morgan fingerprint density at radius 2 is 2.28 bits per heavy atom. The number of nitrogens with two attached hydrogens (primary N) is 1. The molecule has 0 bridgehead atoms. The zero-order valence-electron chi connectivity index (χ0n) is 10.3. The van der Waals surface area contributed by atoms with Gasteiger partial charge in [0.1, 0.15) is 4.21 Å². The summed E-state index contributed by atoms with van der Waals surface area (Å²) in [4.78, 5) is 0.842. The topological polar surface area (TPSA) is 81.4 Å². The van der Waals surface area contributed by atoms with E-state index in [0.29, 0.717) is 19.8 Å². The first-order valence-corrected chi connectivity index (χ1v) is 7.76. The molecule has 0 aromatic carbocycles. The van der Waals surface area contributed by atoms with Crippen LogP contribution in [0.2, 0.25) is 0 Å². The van der Waals surface area contributed by atoms with E-state index in [1.807, 2.05) is 6.92 Å². The second-order valence-electron chi connectivity index (χ2n) is 3.83. The van der Waals surface area contributed by atoms with E-state index in [-0.39, 0.29) is 10.8 Å². The van der Waals surface area contributed by atoms with Gasteiger partial charge in [-0.15, -0.1) is 11.3 Å². The molecular formula is C11H18N2O3S2. The van der Waals surface area contributed by atoms with Gasteiger partial charge in [0.05, 0.1) is 13.2 Å². The normalized spacial score (nSPS) is 11.7.